The minimum atomic E-state index is -0.0376. The van der Waals surface area contributed by atoms with Crippen molar-refractivity contribution in [2.45, 2.75) is 24.8 Å². The maximum atomic E-state index is 11.7. The van der Waals surface area contributed by atoms with E-state index in [-0.39, 0.29) is 5.91 Å². The van der Waals surface area contributed by atoms with Gasteiger partial charge in [-0.25, -0.2) is 9.97 Å². The molecule has 0 radical (unpaired) electrons. The Hall–Kier alpha value is -2.08. The van der Waals surface area contributed by atoms with Crippen LogP contribution < -0.4 is 10.2 Å². The number of carbonyl (C=O) groups excluding carboxylic acids is 1. The van der Waals surface area contributed by atoms with E-state index < -0.39 is 0 Å². The minimum absolute atomic E-state index is 0.0376. The number of thioether (sulfide) groups is 1. The molecule has 0 atom stereocenters. The molecule has 0 saturated heterocycles. The molecule has 1 N–H and O–H groups in total. The lowest BCUT2D eigenvalue weighted by molar-refractivity contribution is 0.0956. The molecule has 0 aliphatic rings. The standard InChI is InChI=1S/C17H22N4OS/c1-5-18-16(22)14-8-6-13(7-9-14)11-23-17-19-12(2)10-15(20-17)21(3)4/h6-10H,5,11H2,1-4H3,(H,18,22). The van der Waals surface area contributed by atoms with E-state index in [0.717, 1.165) is 28.0 Å². The lowest BCUT2D eigenvalue weighted by atomic mass is 10.1. The summed E-state index contributed by atoms with van der Waals surface area (Å²) < 4.78 is 0. The molecule has 1 aromatic heterocycles. The monoisotopic (exact) mass is 330 g/mol. The van der Waals surface area contributed by atoms with Gasteiger partial charge in [-0.1, -0.05) is 23.9 Å². The largest absolute Gasteiger partial charge is 0.363 e. The summed E-state index contributed by atoms with van der Waals surface area (Å²) in [5.41, 5.74) is 2.78. The van der Waals surface area contributed by atoms with Crippen LogP contribution in [0.2, 0.25) is 0 Å². The fraction of sp³-hybridized carbons (Fsp3) is 0.353. The second kappa shape index (κ2) is 7.97. The van der Waals surface area contributed by atoms with Crippen LogP contribution in [-0.2, 0) is 5.75 Å². The number of nitrogens with zero attached hydrogens (tertiary/aromatic N) is 3. The van der Waals surface area contributed by atoms with Gasteiger partial charge >= 0.3 is 0 Å². The summed E-state index contributed by atoms with van der Waals surface area (Å²) in [5.74, 6) is 1.64. The Bertz CT molecular complexity index is 671. The van der Waals surface area contributed by atoms with Gasteiger partial charge in [-0.2, -0.15) is 0 Å². The van der Waals surface area contributed by atoms with Crippen molar-refractivity contribution >= 4 is 23.5 Å². The van der Waals surface area contributed by atoms with Crippen LogP contribution in [0.4, 0.5) is 5.82 Å². The first-order valence-electron chi connectivity index (χ1n) is 7.52. The number of amides is 1. The van der Waals surface area contributed by atoms with Crippen molar-refractivity contribution in [3.05, 3.63) is 47.2 Å². The summed E-state index contributed by atoms with van der Waals surface area (Å²) in [6, 6.07) is 9.61. The van der Waals surface area contributed by atoms with E-state index in [2.05, 4.69) is 15.3 Å². The predicted octanol–water partition coefficient (Wildman–Crippen LogP) is 2.89. The summed E-state index contributed by atoms with van der Waals surface area (Å²) in [4.78, 5) is 22.7. The van der Waals surface area contributed by atoms with Crippen molar-refractivity contribution in [3.8, 4) is 0 Å². The number of carbonyl (C=O) groups is 1. The molecule has 0 fully saturated rings. The van der Waals surface area contributed by atoms with Crippen LogP contribution in [0.3, 0.4) is 0 Å². The van der Waals surface area contributed by atoms with Crippen LogP contribution in [0.25, 0.3) is 0 Å². The summed E-state index contributed by atoms with van der Waals surface area (Å²) in [7, 11) is 3.94. The maximum absolute atomic E-state index is 11.7. The highest BCUT2D eigenvalue weighted by molar-refractivity contribution is 7.98. The number of benzene rings is 1. The Labute approximate surface area is 141 Å². The molecule has 1 amide bonds. The summed E-state index contributed by atoms with van der Waals surface area (Å²) in [6.07, 6.45) is 0. The lowest BCUT2D eigenvalue weighted by Gasteiger charge is -2.12. The number of rotatable bonds is 6. The van der Waals surface area contributed by atoms with Crippen LogP contribution in [-0.4, -0.2) is 36.5 Å². The fourth-order valence-electron chi connectivity index (χ4n) is 1.98. The molecule has 6 heteroatoms. The van der Waals surface area contributed by atoms with E-state index in [1.54, 1.807) is 11.8 Å². The molecule has 0 aliphatic heterocycles. The van der Waals surface area contributed by atoms with Crippen molar-refractivity contribution in [3.63, 3.8) is 0 Å². The molecular formula is C17H22N4OS. The van der Waals surface area contributed by atoms with Crippen LogP contribution in [0.1, 0.15) is 28.5 Å². The Morgan fingerprint density at radius 2 is 1.91 bits per heavy atom. The SMILES string of the molecule is CCNC(=O)c1ccc(CSc2nc(C)cc(N(C)C)n2)cc1. The van der Waals surface area contributed by atoms with Gasteiger partial charge in [-0.05, 0) is 31.5 Å². The van der Waals surface area contributed by atoms with Crippen molar-refractivity contribution < 1.29 is 4.79 Å². The van der Waals surface area contributed by atoms with Crippen LogP contribution in [0.5, 0.6) is 0 Å². The number of nitrogens with one attached hydrogen (secondary N) is 1. The molecule has 2 aromatic rings. The zero-order valence-electron chi connectivity index (χ0n) is 14.0. The van der Waals surface area contributed by atoms with Crippen LogP contribution in [0.15, 0.2) is 35.5 Å². The molecule has 23 heavy (non-hydrogen) atoms. The van der Waals surface area contributed by atoms with E-state index in [0.29, 0.717) is 12.1 Å². The summed E-state index contributed by atoms with van der Waals surface area (Å²) in [6.45, 7) is 4.52. The van der Waals surface area contributed by atoms with Crippen LogP contribution in [0, 0.1) is 6.92 Å². The molecule has 1 heterocycles. The van der Waals surface area contributed by atoms with E-state index in [4.69, 9.17) is 0 Å². The topological polar surface area (TPSA) is 58.1 Å². The zero-order chi connectivity index (χ0) is 16.8. The first-order chi connectivity index (χ1) is 11.0. The predicted molar refractivity (Wildman–Crippen MR) is 95.1 cm³/mol. The van der Waals surface area contributed by atoms with Gasteiger partial charge in [0, 0.05) is 43.7 Å². The highest BCUT2D eigenvalue weighted by Crippen LogP contribution is 2.22. The summed E-state index contributed by atoms with van der Waals surface area (Å²) in [5, 5.41) is 3.56. The second-order valence-electron chi connectivity index (χ2n) is 5.39. The van der Waals surface area contributed by atoms with Crippen molar-refractivity contribution in [1.82, 2.24) is 15.3 Å². The highest BCUT2D eigenvalue weighted by Gasteiger charge is 2.07. The van der Waals surface area contributed by atoms with E-state index >= 15 is 0 Å². The Morgan fingerprint density at radius 1 is 1.22 bits per heavy atom. The Balaban J connectivity index is 2.02. The second-order valence-corrected chi connectivity index (χ2v) is 6.33. The average molecular weight is 330 g/mol. The van der Waals surface area contributed by atoms with E-state index in [1.807, 2.05) is 63.2 Å². The van der Waals surface area contributed by atoms with E-state index in [1.165, 1.54) is 0 Å². The normalized spacial score (nSPS) is 10.4. The Morgan fingerprint density at radius 3 is 2.52 bits per heavy atom. The Kier molecular flexibility index (Phi) is 5.98. The molecule has 0 aliphatic carbocycles. The van der Waals surface area contributed by atoms with Crippen molar-refractivity contribution in [2.75, 3.05) is 25.5 Å². The maximum Gasteiger partial charge on any atom is 0.251 e. The number of anilines is 1. The van der Waals surface area contributed by atoms with Gasteiger partial charge in [0.15, 0.2) is 5.16 Å². The number of aromatic nitrogens is 2. The van der Waals surface area contributed by atoms with Gasteiger partial charge in [-0.3, -0.25) is 4.79 Å². The molecule has 0 unspecified atom stereocenters. The quantitative estimate of drug-likeness (QED) is 0.652. The fourth-order valence-corrected chi connectivity index (χ4v) is 2.84. The zero-order valence-corrected chi connectivity index (χ0v) is 14.8. The highest BCUT2D eigenvalue weighted by atomic mass is 32.2. The van der Waals surface area contributed by atoms with Gasteiger partial charge < -0.3 is 10.2 Å². The van der Waals surface area contributed by atoms with Crippen molar-refractivity contribution in [1.29, 1.82) is 0 Å². The van der Waals surface area contributed by atoms with E-state index in [9.17, 15) is 4.79 Å². The summed E-state index contributed by atoms with van der Waals surface area (Å²) >= 11 is 1.59. The first kappa shape index (κ1) is 17.3. The molecule has 1 aromatic carbocycles. The molecule has 0 spiro atoms. The molecule has 122 valence electrons. The minimum Gasteiger partial charge on any atom is -0.363 e. The van der Waals surface area contributed by atoms with Gasteiger partial charge in [-0.15, -0.1) is 0 Å². The van der Waals surface area contributed by atoms with Crippen molar-refractivity contribution in [2.24, 2.45) is 0 Å². The third-order valence-electron chi connectivity index (χ3n) is 3.20. The third-order valence-corrected chi connectivity index (χ3v) is 4.12. The molecular weight excluding hydrogens is 308 g/mol. The van der Waals surface area contributed by atoms with Gasteiger partial charge in [0.25, 0.3) is 5.91 Å². The van der Waals surface area contributed by atoms with Gasteiger partial charge in [0.1, 0.15) is 5.82 Å². The first-order valence-corrected chi connectivity index (χ1v) is 8.51. The molecule has 0 bridgehead atoms. The van der Waals surface area contributed by atoms with Gasteiger partial charge in [0.05, 0.1) is 0 Å². The molecule has 5 nitrogen and oxygen atoms in total. The van der Waals surface area contributed by atoms with Crippen LogP contribution >= 0.6 is 11.8 Å². The smallest absolute Gasteiger partial charge is 0.251 e. The average Bonchev–Trinajstić information content (AvgIpc) is 2.53. The number of hydrogen-bond donors (Lipinski definition) is 1. The molecule has 0 saturated carbocycles. The number of aryl methyl sites for hydroxylation is 1. The third kappa shape index (κ3) is 4.96. The number of hydrogen-bond acceptors (Lipinski definition) is 5. The lowest BCUT2D eigenvalue weighted by Crippen LogP contribution is -2.22. The molecule has 2 rings (SSSR count). The van der Waals surface area contributed by atoms with Gasteiger partial charge in [0.2, 0.25) is 0 Å².